The van der Waals surface area contributed by atoms with Gasteiger partial charge in [0.1, 0.15) is 12.2 Å². The van der Waals surface area contributed by atoms with E-state index in [0.717, 1.165) is 40.6 Å². The first-order valence-electron chi connectivity index (χ1n) is 11.0. The van der Waals surface area contributed by atoms with Crippen LogP contribution >= 0.6 is 11.6 Å². The molecule has 172 valence electrons. The molecule has 0 radical (unpaired) electrons. The fraction of sp³-hybridized carbons (Fsp3) is 0.250. The quantitative estimate of drug-likeness (QED) is 0.355. The number of hydrogen-bond donors (Lipinski definition) is 0. The van der Waals surface area contributed by atoms with Gasteiger partial charge in [0.05, 0.1) is 24.5 Å². The molecule has 0 saturated heterocycles. The van der Waals surface area contributed by atoms with E-state index in [9.17, 15) is 4.79 Å². The summed E-state index contributed by atoms with van der Waals surface area (Å²) in [5.41, 5.74) is 3.75. The first kappa shape index (κ1) is 20.7. The Morgan fingerprint density at radius 1 is 1.12 bits per heavy atom. The van der Waals surface area contributed by atoms with Crippen LogP contribution in [0, 0.1) is 0 Å². The van der Waals surface area contributed by atoms with Crippen LogP contribution in [0.3, 0.4) is 0 Å². The first-order valence-corrected chi connectivity index (χ1v) is 11.3. The van der Waals surface area contributed by atoms with Crippen molar-refractivity contribution in [2.45, 2.75) is 26.3 Å². The van der Waals surface area contributed by atoms with E-state index < -0.39 is 5.97 Å². The van der Waals surface area contributed by atoms with Crippen LogP contribution in [0.15, 0.2) is 42.7 Å². The Balaban J connectivity index is 1.40. The van der Waals surface area contributed by atoms with Crippen LogP contribution in [0.5, 0.6) is 11.5 Å². The van der Waals surface area contributed by atoms with Crippen molar-refractivity contribution in [3.8, 4) is 28.6 Å². The molecule has 2 aromatic carbocycles. The molecule has 4 heterocycles. The summed E-state index contributed by atoms with van der Waals surface area (Å²) < 4.78 is 20.1. The van der Waals surface area contributed by atoms with Gasteiger partial charge in [-0.1, -0.05) is 17.7 Å². The maximum atomic E-state index is 12.6. The monoisotopic (exact) mass is 477 g/mol. The summed E-state index contributed by atoms with van der Waals surface area (Å²) in [4.78, 5) is 17.0. The minimum atomic E-state index is -0.454. The van der Waals surface area contributed by atoms with Gasteiger partial charge in [-0.05, 0) is 49.2 Å². The van der Waals surface area contributed by atoms with Crippen LogP contribution in [0.2, 0.25) is 5.02 Å². The second-order valence-corrected chi connectivity index (χ2v) is 8.44. The smallest absolute Gasteiger partial charge is 0.358 e. The molecule has 0 N–H and O–H groups in total. The van der Waals surface area contributed by atoms with Crippen molar-refractivity contribution in [3.05, 3.63) is 70.5 Å². The molecule has 0 spiro atoms. The molecule has 0 aliphatic carbocycles. The Hall–Kier alpha value is -3.85. The van der Waals surface area contributed by atoms with E-state index in [-0.39, 0.29) is 19.1 Å². The van der Waals surface area contributed by atoms with Gasteiger partial charge in [-0.3, -0.25) is 4.57 Å². The van der Waals surface area contributed by atoms with Gasteiger partial charge in [-0.2, -0.15) is 0 Å². The van der Waals surface area contributed by atoms with Gasteiger partial charge in [0.15, 0.2) is 23.0 Å². The number of carbonyl (C=O) groups is 1. The lowest BCUT2D eigenvalue weighted by Gasteiger charge is -2.10. The number of hydrogen-bond acceptors (Lipinski definition) is 7. The molecular formula is C24H20ClN5O4. The van der Waals surface area contributed by atoms with Crippen LogP contribution in [0.1, 0.15) is 34.5 Å². The highest BCUT2D eigenvalue weighted by atomic mass is 35.5. The summed E-state index contributed by atoms with van der Waals surface area (Å²) in [6, 6.07) is 11.5. The third kappa shape index (κ3) is 3.40. The van der Waals surface area contributed by atoms with Gasteiger partial charge in [0.2, 0.25) is 6.79 Å². The summed E-state index contributed by atoms with van der Waals surface area (Å²) in [6.45, 7) is 2.67. The van der Waals surface area contributed by atoms with Crippen molar-refractivity contribution < 1.29 is 19.0 Å². The van der Waals surface area contributed by atoms with Crippen molar-refractivity contribution in [1.29, 1.82) is 0 Å². The summed E-state index contributed by atoms with van der Waals surface area (Å²) in [7, 11) is 0. The fourth-order valence-corrected chi connectivity index (χ4v) is 4.56. The van der Waals surface area contributed by atoms with Crippen LogP contribution < -0.4 is 9.47 Å². The molecule has 0 unspecified atom stereocenters. The van der Waals surface area contributed by atoms with Gasteiger partial charge in [-0.25, -0.2) is 9.78 Å². The highest BCUT2D eigenvalue weighted by molar-refractivity contribution is 6.31. The maximum absolute atomic E-state index is 12.6. The van der Waals surface area contributed by atoms with Gasteiger partial charge >= 0.3 is 5.97 Å². The summed E-state index contributed by atoms with van der Waals surface area (Å²) in [5.74, 6) is 2.54. The standard InChI is InChI=1S/C24H20ClN5O4/c1-2-32-24(31)22-18-11-29-21(8-4-14-3-7-19-20(9-14)34-13-33-19)27-28-23(29)16-10-15(25)5-6-17(16)30(18)12-26-22/h3,5-7,9-10,12H,2,4,8,11,13H2,1H3. The van der Waals surface area contributed by atoms with E-state index in [1.165, 1.54) is 0 Å². The molecule has 2 aliphatic heterocycles. The van der Waals surface area contributed by atoms with Gasteiger partial charge in [0.25, 0.3) is 0 Å². The second kappa shape index (κ2) is 8.18. The number of halogens is 1. The molecule has 0 atom stereocenters. The fourth-order valence-electron chi connectivity index (χ4n) is 4.39. The minimum Gasteiger partial charge on any atom is -0.461 e. The van der Waals surface area contributed by atoms with Gasteiger partial charge in [0, 0.05) is 17.0 Å². The van der Waals surface area contributed by atoms with Crippen molar-refractivity contribution in [3.63, 3.8) is 0 Å². The summed E-state index contributed by atoms with van der Waals surface area (Å²) in [5, 5.41) is 9.58. The molecule has 9 nitrogen and oxygen atoms in total. The number of nitrogens with zero attached hydrogens (tertiary/aromatic N) is 5. The van der Waals surface area contributed by atoms with Crippen molar-refractivity contribution >= 4 is 17.6 Å². The lowest BCUT2D eigenvalue weighted by atomic mass is 10.1. The summed E-state index contributed by atoms with van der Waals surface area (Å²) >= 11 is 6.34. The molecule has 6 rings (SSSR count). The summed E-state index contributed by atoms with van der Waals surface area (Å²) in [6.07, 6.45) is 3.02. The van der Waals surface area contributed by atoms with Gasteiger partial charge in [-0.15, -0.1) is 10.2 Å². The Morgan fingerprint density at radius 3 is 2.88 bits per heavy atom. The Kier molecular flexibility index (Phi) is 4.99. The number of fused-ring (bicyclic) bond motifs is 6. The molecule has 2 aliphatic rings. The number of benzene rings is 2. The number of rotatable bonds is 5. The van der Waals surface area contributed by atoms with Crippen molar-refractivity contribution in [1.82, 2.24) is 24.3 Å². The van der Waals surface area contributed by atoms with E-state index >= 15 is 0 Å². The van der Waals surface area contributed by atoms with Crippen LogP contribution in [-0.2, 0) is 24.1 Å². The molecule has 10 heteroatoms. The van der Waals surface area contributed by atoms with E-state index in [0.29, 0.717) is 29.5 Å². The number of carbonyl (C=O) groups excluding carboxylic acids is 1. The Bertz CT molecular complexity index is 1430. The van der Waals surface area contributed by atoms with Crippen molar-refractivity contribution in [2.24, 2.45) is 0 Å². The number of aryl methyl sites for hydroxylation is 2. The van der Waals surface area contributed by atoms with E-state index in [2.05, 4.69) is 15.2 Å². The maximum Gasteiger partial charge on any atom is 0.358 e. The SMILES string of the molecule is CCOC(=O)c1ncn2c1Cn1c(CCc3ccc4c(c3)OCO4)nnc1-c1cc(Cl)ccc1-2. The van der Waals surface area contributed by atoms with E-state index in [4.69, 9.17) is 25.8 Å². The zero-order valence-corrected chi connectivity index (χ0v) is 19.1. The van der Waals surface area contributed by atoms with Gasteiger partial charge < -0.3 is 18.8 Å². The predicted molar refractivity (Wildman–Crippen MR) is 123 cm³/mol. The zero-order chi connectivity index (χ0) is 23.2. The lowest BCUT2D eigenvalue weighted by molar-refractivity contribution is 0.0518. The molecular weight excluding hydrogens is 458 g/mol. The molecule has 0 saturated carbocycles. The normalized spacial score (nSPS) is 13.1. The minimum absolute atomic E-state index is 0.245. The molecule has 4 aromatic rings. The number of ether oxygens (including phenoxy) is 3. The number of imidazole rings is 1. The molecule has 0 bridgehead atoms. The Labute approximate surface area is 199 Å². The van der Waals surface area contributed by atoms with E-state index in [1.54, 1.807) is 19.3 Å². The number of esters is 1. The average molecular weight is 478 g/mol. The highest BCUT2D eigenvalue weighted by Gasteiger charge is 2.28. The molecule has 34 heavy (non-hydrogen) atoms. The van der Waals surface area contributed by atoms with Crippen LogP contribution in [0.4, 0.5) is 0 Å². The molecule has 0 fully saturated rings. The van der Waals surface area contributed by atoms with Crippen molar-refractivity contribution in [2.75, 3.05) is 13.4 Å². The predicted octanol–water partition coefficient (Wildman–Crippen LogP) is 3.84. The molecule has 2 aromatic heterocycles. The van der Waals surface area contributed by atoms with Crippen LogP contribution in [-0.4, -0.2) is 43.7 Å². The molecule has 0 amide bonds. The third-order valence-electron chi connectivity index (χ3n) is 6.00. The lowest BCUT2D eigenvalue weighted by Crippen LogP contribution is -2.14. The second-order valence-electron chi connectivity index (χ2n) is 8.01. The first-order chi connectivity index (χ1) is 16.6. The zero-order valence-electron chi connectivity index (χ0n) is 18.3. The highest BCUT2D eigenvalue weighted by Crippen LogP contribution is 2.35. The van der Waals surface area contributed by atoms with Crippen LogP contribution in [0.25, 0.3) is 17.1 Å². The Morgan fingerprint density at radius 2 is 2.00 bits per heavy atom. The third-order valence-corrected chi connectivity index (χ3v) is 6.24. The average Bonchev–Trinajstić information content (AvgIpc) is 3.55. The number of aromatic nitrogens is 5. The van der Waals surface area contributed by atoms with E-state index in [1.807, 2.05) is 39.5 Å². The topological polar surface area (TPSA) is 93.3 Å². The largest absolute Gasteiger partial charge is 0.461 e.